The number of nitrogens with one attached hydrogen (secondary N) is 2. The fraction of sp³-hybridized carbons (Fsp3) is 0.471. The number of rotatable bonds is 4. The summed E-state index contributed by atoms with van der Waals surface area (Å²) in [6, 6.07) is 4.36. The summed E-state index contributed by atoms with van der Waals surface area (Å²) in [4.78, 5) is 20.9. The van der Waals surface area contributed by atoms with Crippen molar-refractivity contribution in [2.24, 2.45) is 5.92 Å². The number of hydrogen-bond acceptors (Lipinski definition) is 4. The monoisotopic (exact) mass is 349 g/mol. The van der Waals surface area contributed by atoms with E-state index in [1.165, 1.54) is 0 Å². The van der Waals surface area contributed by atoms with E-state index in [1.807, 2.05) is 29.8 Å². The number of carbonyl (C=O) groups is 1. The van der Waals surface area contributed by atoms with Crippen LogP contribution in [-0.2, 0) is 11.3 Å². The molecule has 1 saturated heterocycles. The van der Waals surface area contributed by atoms with E-state index in [0.717, 1.165) is 36.6 Å². The molecule has 24 heavy (non-hydrogen) atoms. The van der Waals surface area contributed by atoms with E-state index < -0.39 is 0 Å². The zero-order valence-corrected chi connectivity index (χ0v) is 14.8. The number of hydrogen-bond donors (Lipinski definition) is 2. The first-order valence-electron chi connectivity index (χ1n) is 8.10. The molecule has 0 aromatic carbocycles. The maximum atomic E-state index is 12.2. The maximum Gasteiger partial charge on any atom is 0.223 e. The molecule has 3 heterocycles. The van der Waals surface area contributed by atoms with Crippen LogP contribution in [0.1, 0.15) is 31.2 Å². The van der Waals surface area contributed by atoms with Gasteiger partial charge in [-0.3, -0.25) is 9.36 Å². The van der Waals surface area contributed by atoms with Crippen molar-refractivity contribution >= 4 is 18.3 Å². The molecule has 0 bridgehead atoms. The minimum Gasteiger partial charge on any atom is -0.352 e. The minimum absolute atomic E-state index is 0. The Morgan fingerprint density at radius 2 is 2.25 bits per heavy atom. The molecule has 2 N–H and O–H groups in total. The second kappa shape index (κ2) is 8.26. The average Bonchev–Trinajstić information content (AvgIpc) is 2.99. The first-order chi connectivity index (χ1) is 11.1. The lowest BCUT2D eigenvalue weighted by Crippen LogP contribution is -2.42. The minimum atomic E-state index is 0. The van der Waals surface area contributed by atoms with Gasteiger partial charge in [-0.1, -0.05) is 6.07 Å². The number of carbonyl (C=O) groups excluding carboxylic acids is 1. The number of halogens is 1. The molecule has 6 nitrogen and oxygen atoms in total. The topological polar surface area (TPSA) is 71.8 Å². The van der Waals surface area contributed by atoms with E-state index in [0.29, 0.717) is 12.6 Å². The lowest BCUT2D eigenvalue weighted by atomic mass is 9.92. The summed E-state index contributed by atoms with van der Waals surface area (Å²) >= 11 is 0. The highest BCUT2D eigenvalue weighted by molar-refractivity contribution is 5.85. The highest BCUT2D eigenvalue weighted by Gasteiger charge is 2.24. The molecular formula is C17H24ClN5O. The van der Waals surface area contributed by atoms with Crippen LogP contribution in [-0.4, -0.2) is 33.0 Å². The Balaban J connectivity index is 0.00000208. The number of amides is 1. The summed E-state index contributed by atoms with van der Waals surface area (Å²) in [5, 5.41) is 6.40. The molecule has 2 atom stereocenters. The Morgan fingerprint density at radius 1 is 1.42 bits per heavy atom. The molecule has 130 valence electrons. The molecule has 7 heteroatoms. The summed E-state index contributed by atoms with van der Waals surface area (Å²) in [5.41, 5.74) is 1.00. The van der Waals surface area contributed by atoms with Crippen molar-refractivity contribution in [2.75, 3.05) is 6.54 Å². The lowest BCUT2D eigenvalue weighted by molar-refractivity contribution is -0.126. The molecule has 0 unspecified atom stereocenters. The van der Waals surface area contributed by atoms with Gasteiger partial charge in [0.15, 0.2) is 0 Å². The summed E-state index contributed by atoms with van der Waals surface area (Å²) in [6.45, 7) is 5.50. The van der Waals surface area contributed by atoms with Crippen LogP contribution in [0, 0.1) is 12.8 Å². The van der Waals surface area contributed by atoms with Crippen molar-refractivity contribution in [1.29, 1.82) is 0 Å². The largest absolute Gasteiger partial charge is 0.352 e. The first kappa shape index (κ1) is 18.4. The molecule has 2 aromatic rings. The molecule has 0 saturated carbocycles. The average molecular weight is 350 g/mol. The van der Waals surface area contributed by atoms with Crippen molar-refractivity contribution in [1.82, 2.24) is 25.2 Å². The van der Waals surface area contributed by atoms with Crippen LogP contribution >= 0.6 is 12.4 Å². The van der Waals surface area contributed by atoms with Crippen molar-refractivity contribution in [3.63, 3.8) is 0 Å². The van der Waals surface area contributed by atoms with E-state index in [9.17, 15) is 4.79 Å². The maximum absolute atomic E-state index is 12.2. The smallest absolute Gasteiger partial charge is 0.223 e. The second-order valence-electron chi connectivity index (χ2n) is 6.16. The molecule has 3 rings (SSSR count). The second-order valence-corrected chi connectivity index (χ2v) is 6.16. The molecule has 0 aliphatic carbocycles. The molecule has 2 aromatic heterocycles. The quantitative estimate of drug-likeness (QED) is 0.885. The normalized spacial score (nSPS) is 20.2. The number of piperidine rings is 1. The number of aromatic nitrogens is 3. The fourth-order valence-corrected chi connectivity index (χ4v) is 2.99. The van der Waals surface area contributed by atoms with Gasteiger partial charge < -0.3 is 10.6 Å². The number of aryl methyl sites for hydroxylation is 1. The first-order valence-corrected chi connectivity index (χ1v) is 8.10. The summed E-state index contributed by atoms with van der Waals surface area (Å²) < 4.78 is 1.93. The van der Waals surface area contributed by atoms with Crippen LogP contribution in [0.2, 0.25) is 0 Å². The van der Waals surface area contributed by atoms with Crippen LogP contribution < -0.4 is 10.6 Å². The third-order valence-corrected chi connectivity index (χ3v) is 4.34. The van der Waals surface area contributed by atoms with E-state index in [2.05, 4.69) is 27.5 Å². The van der Waals surface area contributed by atoms with Crippen LogP contribution in [0.25, 0.3) is 5.82 Å². The molecular weight excluding hydrogens is 326 g/mol. The molecule has 1 amide bonds. The van der Waals surface area contributed by atoms with Gasteiger partial charge in [-0.05, 0) is 44.9 Å². The van der Waals surface area contributed by atoms with Gasteiger partial charge in [0, 0.05) is 37.1 Å². The van der Waals surface area contributed by atoms with Gasteiger partial charge in [-0.25, -0.2) is 9.97 Å². The summed E-state index contributed by atoms with van der Waals surface area (Å²) in [7, 11) is 0. The summed E-state index contributed by atoms with van der Waals surface area (Å²) in [5.74, 6) is 2.00. The molecule has 0 spiro atoms. The Bertz CT molecular complexity index is 670. The van der Waals surface area contributed by atoms with Gasteiger partial charge in [-0.2, -0.15) is 0 Å². The van der Waals surface area contributed by atoms with Crippen LogP contribution in [0.5, 0.6) is 0 Å². The van der Waals surface area contributed by atoms with Gasteiger partial charge >= 0.3 is 0 Å². The fourth-order valence-electron chi connectivity index (χ4n) is 2.99. The highest BCUT2D eigenvalue weighted by atomic mass is 35.5. The lowest BCUT2D eigenvalue weighted by Gasteiger charge is -2.27. The number of nitrogens with zero attached hydrogens (tertiary/aromatic N) is 3. The number of imidazole rings is 1. The molecule has 1 aliphatic rings. The standard InChI is InChI=1S/C17H23N5O.ClH/c1-12-9-15(5-6-18-12)17(23)21-11-14-3-4-16(20-10-14)22-8-7-19-13(22)2;/h3-4,7-8,10,12,15,18H,5-6,9,11H2,1-2H3,(H,21,23);1H/t12-,15-;/m0./s1. The third kappa shape index (κ3) is 4.33. The Labute approximate surface area is 148 Å². The van der Waals surface area contributed by atoms with Gasteiger partial charge in [0.2, 0.25) is 5.91 Å². The Kier molecular flexibility index (Phi) is 6.34. The third-order valence-electron chi connectivity index (χ3n) is 4.34. The van der Waals surface area contributed by atoms with Crippen molar-refractivity contribution in [2.45, 2.75) is 39.3 Å². The van der Waals surface area contributed by atoms with Gasteiger partial charge in [0.1, 0.15) is 11.6 Å². The molecule has 0 radical (unpaired) electrons. The van der Waals surface area contributed by atoms with Gasteiger partial charge in [-0.15, -0.1) is 12.4 Å². The van der Waals surface area contributed by atoms with Crippen LogP contribution in [0.4, 0.5) is 0 Å². The van der Waals surface area contributed by atoms with E-state index in [-0.39, 0.29) is 24.2 Å². The SMILES string of the molecule is Cc1nccn1-c1ccc(CNC(=O)[C@H]2CCN[C@@H](C)C2)cn1.Cl. The number of pyridine rings is 1. The predicted molar refractivity (Wildman–Crippen MR) is 95.4 cm³/mol. The zero-order valence-electron chi connectivity index (χ0n) is 14.0. The van der Waals surface area contributed by atoms with E-state index in [4.69, 9.17) is 0 Å². The van der Waals surface area contributed by atoms with Gasteiger partial charge in [0.25, 0.3) is 0 Å². The molecule has 1 aliphatic heterocycles. The zero-order chi connectivity index (χ0) is 16.2. The van der Waals surface area contributed by atoms with E-state index >= 15 is 0 Å². The van der Waals surface area contributed by atoms with Crippen molar-refractivity contribution in [3.05, 3.63) is 42.1 Å². The highest BCUT2D eigenvalue weighted by Crippen LogP contribution is 2.16. The Hall–Kier alpha value is -1.92. The van der Waals surface area contributed by atoms with Crippen molar-refractivity contribution < 1.29 is 4.79 Å². The van der Waals surface area contributed by atoms with Crippen molar-refractivity contribution in [3.8, 4) is 5.82 Å². The predicted octanol–water partition coefficient (Wildman–Crippen LogP) is 2.00. The van der Waals surface area contributed by atoms with Crippen LogP contribution in [0.3, 0.4) is 0 Å². The van der Waals surface area contributed by atoms with Crippen LogP contribution in [0.15, 0.2) is 30.7 Å². The van der Waals surface area contributed by atoms with Gasteiger partial charge in [0.05, 0.1) is 0 Å². The van der Waals surface area contributed by atoms with E-state index in [1.54, 1.807) is 12.4 Å². The molecule has 1 fully saturated rings. The Morgan fingerprint density at radius 3 is 2.88 bits per heavy atom. The summed E-state index contributed by atoms with van der Waals surface area (Å²) in [6.07, 6.45) is 7.26.